The van der Waals surface area contributed by atoms with E-state index in [1.165, 1.54) is 12.1 Å². The third-order valence-electron chi connectivity index (χ3n) is 2.34. The number of rotatable bonds is 3. The number of carbonyl (C=O) groups is 1. The van der Waals surface area contributed by atoms with Crippen LogP contribution < -0.4 is 10.1 Å². The Morgan fingerprint density at radius 3 is 2.43 bits per heavy atom. The Morgan fingerprint density at radius 2 is 1.95 bits per heavy atom. The van der Waals surface area contributed by atoms with Gasteiger partial charge in [-0.1, -0.05) is 16.8 Å². The Labute approximate surface area is 121 Å². The predicted octanol–water partition coefficient (Wildman–Crippen LogP) is 3.79. The van der Waals surface area contributed by atoms with Crippen molar-refractivity contribution in [3.05, 3.63) is 40.7 Å². The highest BCUT2D eigenvalue weighted by Crippen LogP contribution is 2.25. The molecule has 1 aromatic carbocycles. The maximum atomic E-state index is 12.0. The number of hydrogen-bond acceptors (Lipinski definition) is 4. The smallest absolute Gasteiger partial charge is 0.406 e. The summed E-state index contributed by atoms with van der Waals surface area (Å²) in [5.41, 5.74) is 0.607. The van der Waals surface area contributed by atoms with Crippen molar-refractivity contribution in [2.24, 2.45) is 0 Å². The van der Waals surface area contributed by atoms with Gasteiger partial charge < -0.3 is 14.6 Å². The van der Waals surface area contributed by atoms with Gasteiger partial charge in [0.15, 0.2) is 0 Å². The first kappa shape index (κ1) is 15.2. The number of amides is 1. The average Bonchev–Trinajstić information content (AvgIpc) is 2.71. The van der Waals surface area contributed by atoms with Gasteiger partial charge in [-0.3, -0.25) is 4.79 Å². The van der Waals surface area contributed by atoms with Gasteiger partial charge in [-0.2, -0.15) is 0 Å². The highest BCUT2D eigenvalue weighted by atomic mass is 35.5. The summed E-state index contributed by atoms with van der Waals surface area (Å²) in [4.78, 5) is 11.8. The van der Waals surface area contributed by atoms with E-state index in [0.29, 0.717) is 5.69 Å². The summed E-state index contributed by atoms with van der Waals surface area (Å²) >= 11 is 5.81. The molecule has 2 aromatic rings. The van der Waals surface area contributed by atoms with Crippen molar-refractivity contribution in [2.75, 3.05) is 5.32 Å². The fourth-order valence-corrected chi connectivity index (χ4v) is 1.58. The van der Waals surface area contributed by atoms with Crippen LogP contribution in [0.1, 0.15) is 16.2 Å². The number of nitrogens with zero attached hydrogens (tertiary/aromatic N) is 1. The molecule has 1 heterocycles. The van der Waals surface area contributed by atoms with Crippen molar-refractivity contribution in [3.63, 3.8) is 0 Å². The number of nitrogens with one attached hydrogen (secondary N) is 1. The lowest BCUT2D eigenvalue weighted by atomic mass is 10.3. The molecule has 0 fully saturated rings. The number of anilines is 1. The highest BCUT2D eigenvalue weighted by Gasteiger charge is 2.31. The first-order chi connectivity index (χ1) is 9.76. The molecule has 5 nitrogen and oxygen atoms in total. The second-order valence-corrected chi connectivity index (χ2v) is 4.32. The summed E-state index contributed by atoms with van der Waals surface area (Å²) in [5, 5.41) is 6.00. The Bertz CT molecular complexity index is 653. The standard InChI is InChI=1S/C12H8ClF3N2O3/c1-6-9(13)10(21-18-6)11(19)17-7-2-4-8(5-3-7)20-12(14,15)16/h2-5H,1H3,(H,17,19). The zero-order valence-electron chi connectivity index (χ0n) is 10.5. The lowest BCUT2D eigenvalue weighted by Gasteiger charge is -2.09. The Kier molecular flexibility index (Phi) is 4.08. The molecular formula is C12H8ClF3N2O3. The fraction of sp³-hybridized carbons (Fsp3) is 0.167. The van der Waals surface area contributed by atoms with E-state index in [1.54, 1.807) is 6.92 Å². The molecule has 112 valence electrons. The first-order valence-corrected chi connectivity index (χ1v) is 5.93. The molecule has 9 heteroatoms. The summed E-state index contributed by atoms with van der Waals surface area (Å²) in [7, 11) is 0. The monoisotopic (exact) mass is 320 g/mol. The molecule has 0 bridgehead atoms. The summed E-state index contributed by atoms with van der Waals surface area (Å²) in [6.45, 7) is 1.56. The number of hydrogen-bond donors (Lipinski definition) is 1. The van der Waals surface area contributed by atoms with E-state index < -0.39 is 18.0 Å². The molecule has 0 unspecified atom stereocenters. The van der Waals surface area contributed by atoms with Gasteiger partial charge in [0.25, 0.3) is 5.91 Å². The van der Waals surface area contributed by atoms with Crippen molar-refractivity contribution in [2.45, 2.75) is 13.3 Å². The third-order valence-corrected chi connectivity index (χ3v) is 2.79. The molecule has 0 saturated carbocycles. The molecule has 0 aliphatic carbocycles. The minimum atomic E-state index is -4.77. The van der Waals surface area contributed by atoms with Crippen LogP contribution in [0.2, 0.25) is 5.02 Å². The molecule has 1 N–H and O–H groups in total. The fourth-order valence-electron chi connectivity index (χ4n) is 1.43. The van der Waals surface area contributed by atoms with Crippen LogP contribution in [0.3, 0.4) is 0 Å². The van der Waals surface area contributed by atoms with Crippen LogP contribution in [0, 0.1) is 6.92 Å². The van der Waals surface area contributed by atoms with Gasteiger partial charge in [0.1, 0.15) is 10.8 Å². The molecule has 0 aliphatic heterocycles. The van der Waals surface area contributed by atoms with E-state index in [4.69, 9.17) is 16.1 Å². The zero-order chi connectivity index (χ0) is 15.6. The number of ether oxygens (including phenoxy) is 1. The minimum absolute atomic E-state index is 0.0736. The number of carbonyl (C=O) groups excluding carboxylic acids is 1. The zero-order valence-corrected chi connectivity index (χ0v) is 11.2. The van der Waals surface area contributed by atoms with Gasteiger partial charge in [0, 0.05) is 5.69 Å². The lowest BCUT2D eigenvalue weighted by molar-refractivity contribution is -0.274. The van der Waals surface area contributed by atoms with E-state index in [-0.39, 0.29) is 16.5 Å². The number of aromatic nitrogens is 1. The average molecular weight is 321 g/mol. The summed E-state index contributed by atoms with van der Waals surface area (Å²) in [6, 6.07) is 4.62. The van der Waals surface area contributed by atoms with Crippen LogP contribution in [0.15, 0.2) is 28.8 Å². The van der Waals surface area contributed by atoms with Crippen molar-refractivity contribution < 1.29 is 27.2 Å². The van der Waals surface area contributed by atoms with E-state index >= 15 is 0 Å². The number of halogens is 4. The molecule has 1 aromatic heterocycles. The van der Waals surface area contributed by atoms with Gasteiger partial charge >= 0.3 is 6.36 Å². The van der Waals surface area contributed by atoms with Gasteiger partial charge in [0.05, 0.1) is 5.69 Å². The highest BCUT2D eigenvalue weighted by molar-refractivity contribution is 6.34. The summed E-state index contributed by atoms with van der Waals surface area (Å²) in [6.07, 6.45) is -4.77. The molecule has 21 heavy (non-hydrogen) atoms. The Balaban J connectivity index is 2.07. The van der Waals surface area contributed by atoms with E-state index in [2.05, 4.69) is 15.2 Å². The molecule has 0 spiro atoms. The number of alkyl halides is 3. The van der Waals surface area contributed by atoms with Gasteiger partial charge in [0.2, 0.25) is 5.76 Å². The van der Waals surface area contributed by atoms with Crippen molar-refractivity contribution >= 4 is 23.2 Å². The molecule has 0 atom stereocenters. The van der Waals surface area contributed by atoms with Crippen molar-refractivity contribution in [1.29, 1.82) is 0 Å². The van der Waals surface area contributed by atoms with Crippen LogP contribution in [0.4, 0.5) is 18.9 Å². The molecule has 0 saturated heterocycles. The topological polar surface area (TPSA) is 64.4 Å². The predicted molar refractivity (Wildman–Crippen MR) is 67.3 cm³/mol. The number of aryl methyl sites for hydroxylation is 1. The van der Waals surface area contributed by atoms with Crippen LogP contribution in [0.25, 0.3) is 0 Å². The third kappa shape index (κ3) is 3.88. The minimum Gasteiger partial charge on any atom is -0.406 e. The van der Waals surface area contributed by atoms with Crippen LogP contribution in [-0.2, 0) is 0 Å². The van der Waals surface area contributed by atoms with E-state index in [9.17, 15) is 18.0 Å². The van der Waals surface area contributed by atoms with Crippen molar-refractivity contribution in [3.8, 4) is 5.75 Å². The molecule has 1 amide bonds. The quantitative estimate of drug-likeness (QED) is 0.934. The summed E-state index contributed by atoms with van der Waals surface area (Å²) in [5.74, 6) is -1.23. The largest absolute Gasteiger partial charge is 0.573 e. The number of benzene rings is 1. The Morgan fingerprint density at radius 1 is 1.33 bits per heavy atom. The molecule has 0 aliphatic rings. The van der Waals surface area contributed by atoms with E-state index in [0.717, 1.165) is 12.1 Å². The van der Waals surface area contributed by atoms with Gasteiger partial charge in [-0.25, -0.2) is 0 Å². The maximum Gasteiger partial charge on any atom is 0.573 e. The van der Waals surface area contributed by atoms with E-state index in [1.807, 2.05) is 0 Å². The van der Waals surface area contributed by atoms with Gasteiger partial charge in [-0.15, -0.1) is 13.2 Å². The van der Waals surface area contributed by atoms with Crippen LogP contribution in [0.5, 0.6) is 5.75 Å². The normalized spacial score (nSPS) is 11.3. The maximum absolute atomic E-state index is 12.0. The molecular weight excluding hydrogens is 313 g/mol. The van der Waals surface area contributed by atoms with Crippen LogP contribution >= 0.6 is 11.6 Å². The van der Waals surface area contributed by atoms with Crippen molar-refractivity contribution in [1.82, 2.24) is 5.16 Å². The lowest BCUT2D eigenvalue weighted by Crippen LogP contribution is -2.17. The Hall–Kier alpha value is -2.22. The summed E-state index contributed by atoms with van der Waals surface area (Å²) < 4.78 is 44.4. The second kappa shape index (κ2) is 5.65. The second-order valence-electron chi connectivity index (χ2n) is 3.94. The SMILES string of the molecule is Cc1noc(C(=O)Nc2ccc(OC(F)(F)F)cc2)c1Cl. The molecule has 2 rings (SSSR count). The first-order valence-electron chi connectivity index (χ1n) is 5.55. The molecule has 0 radical (unpaired) electrons. The van der Waals surface area contributed by atoms with Gasteiger partial charge in [-0.05, 0) is 31.2 Å². The van der Waals surface area contributed by atoms with Crippen LogP contribution in [-0.4, -0.2) is 17.4 Å².